The number of benzene rings is 1. The largest absolute Gasteiger partial charge is 0.478 e. The predicted octanol–water partition coefficient (Wildman–Crippen LogP) is 1.79. The van der Waals surface area contributed by atoms with E-state index < -0.39 is 11.9 Å². The van der Waals surface area contributed by atoms with Crippen molar-refractivity contribution in [2.45, 2.75) is 6.42 Å². The number of anilines is 1. The van der Waals surface area contributed by atoms with E-state index in [1.54, 1.807) is 0 Å². The molecule has 1 aliphatic rings. The zero-order valence-electron chi connectivity index (χ0n) is 13.9. The molecule has 0 amide bonds. The minimum Gasteiger partial charge on any atom is -0.478 e. The fourth-order valence-corrected chi connectivity index (χ4v) is 2.62. The first-order chi connectivity index (χ1) is 12.5. The zero-order chi connectivity index (χ0) is 18.9. The SMILES string of the molecule is Clc1nc2ccccc2nc1N1CCCNCC1.O=C(O)/C=C/C(=O)O. The van der Waals surface area contributed by atoms with Crippen molar-refractivity contribution in [2.75, 3.05) is 31.1 Å². The van der Waals surface area contributed by atoms with E-state index in [0.29, 0.717) is 17.3 Å². The van der Waals surface area contributed by atoms with E-state index >= 15 is 0 Å². The molecule has 0 radical (unpaired) electrons. The molecule has 8 nitrogen and oxygen atoms in total. The monoisotopic (exact) mass is 378 g/mol. The van der Waals surface area contributed by atoms with Crippen LogP contribution >= 0.6 is 11.6 Å². The number of carboxylic acids is 2. The van der Waals surface area contributed by atoms with Crippen LogP contribution in [0, 0.1) is 0 Å². The van der Waals surface area contributed by atoms with E-state index in [2.05, 4.69) is 20.2 Å². The summed E-state index contributed by atoms with van der Waals surface area (Å²) in [5.41, 5.74) is 1.74. The van der Waals surface area contributed by atoms with E-state index in [9.17, 15) is 9.59 Å². The van der Waals surface area contributed by atoms with Gasteiger partial charge in [-0.2, -0.15) is 0 Å². The number of carbonyl (C=O) groups is 2. The molecule has 138 valence electrons. The fourth-order valence-electron chi connectivity index (χ4n) is 2.37. The van der Waals surface area contributed by atoms with Crippen molar-refractivity contribution in [3.05, 3.63) is 41.6 Å². The lowest BCUT2D eigenvalue weighted by Gasteiger charge is -2.21. The standard InChI is InChI=1S/C13H15ClN4.C4H4O4/c14-12-13(18-8-3-6-15-7-9-18)17-11-5-2-1-4-10(11)16-12;5-3(6)1-2-4(7)8/h1-2,4-5,15H,3,6-9H2;1-2H,(H,5,6)(H,7,8)/b;2-1+. The van der Waals surface area contributed by atoms with Crippen LogP contribution < -0.4 is 10.2 Å². The summed E-state index contributed by atoms with van der Waals surface area (Å²) in [6.07, 6.45) is 2.22. The summed E-state index contributed by atoms with van der Waals surface area (Å²) in [6.45, 7) is 3.91. The van der Waals surface area contributed by atoms with Crippen molar-refractivity contribution in [1.82, 2.24) is 15.3 Å². The minimum absolute atomic E-state index is 0.496. The Labute approximate surface area is 155 Å². The molecule has 1 saturated heterocycles. The number of fused-ring (bicyclic) bond motifs is 1. The number of aliphatic carboxylic acids is 2. The molecule has 3 N–H and O–H groups in total. The molecule has 0 aliphatic carbocycles. The Morgan fingerprint density at radius 3 is 2.27 bits per heavy atom. The molecule has 1 aromatic heterocycles. The first-order valence-corrected chi connectivity index (χ1v) is 8.37. The summed E-state index contributed by atoms with van der Waals surface area (Å²) in [5, 5.41) is 19.5. The second-order valence-electron chi connectivity index (χ2n) is 5.43. The lowest BCUT2D eigenvalue weighted by molar-refractivity contribution is -0.134. The van der Waals surface area contributed by atoms with Gasteiger partial charge in [0.1, 0.15) is 0 Å². The van der Waals surface area contributed by atoms with Crippen LogP contribution in [0.15, 0.2) is 36.4 Å². The Hall–Kier alpha value is -2.71. The highest BCUT2D eigenvalue weighted by atomic mass is 35.5. The highest BCUT2D eigenvalue weighted by Gasteiger charge is 2.15. The number of hydrogen-bond donors (Lipinski definition) is 3. The maximum absolute atomic E-state index is 9.55. The maximum Gasteiger partial charge on any atom is 0.328 e. The lowest BCUT2D eigenvalue weighted by atomic mass is 10.3. The number of para-hydroxylation sites is 2. The normalized spacial score (nSPS) is 14.6. The lowest BCUT2D eigenvalue weighted by Crippen LogP contribution is -2.29. The van der Waals surface area contributed by atoms with E-state index in [0.717, 1.165) is 49.5 Å². The second kappa shape index (κ2) is 9.69. The Morgan fingerprint density at radius 2 is 1.65 bits per heavy atom. The van der Waals surface area contributed by atoms with Crippen molar-refractivity contribution in [3.8, 4) is 0 Å². The van der Waals surface area contributed by atoms with Crippen LogP contribution in [0.25, 0.3) is 11.0 Å². The Morgan fingerprint density at radius 1 is 1.04 bits per heavy atom. The van der Waals surface area contributed by atoms with Gasteiger partial charge < -0.3 is 20.4 Å². The summed E-state index contributed by atoms with van der Waals surface area (Å²) < 4.78 is 0. The number of rotatable bonds is 3. The van der Waals surface area contributed by atoms with Gasteiger partial charge in [0, 0.05) is 31.8 Å². The molecular formula is C17H19ClN4O4. The third-order valence-electron chi connectivity index (χ3n) is 3.52. The highest BCUT2D eigenvalue weighted by Crippen LogP contribution is 2.24. The summed E-state index contributed by atoms with van der Waals surface area (Å²) in [6, 6.07) is 7.82. The molecule has 1 aliphatic heterocycles. The molecule has 3 rings (SSSR count). The minimum atomic E-state index is -1.26. The predicted molar refractivity (Wildman–Crippen MR) is 98.7 cm³/mol. The second-order valence-corrected chi connectivity index (χ2v) is 5.79. The van der Waals surface area contributed by atoms with Crippen molar-refractivity contribution in [1.29, 1.82) is 0 Å². The van der Waals surface area contributed by atoms with Crippen LogP contribution in [0.4, 0.5) is 5.82 Å². The molecule has 0 saturated carbocycles. The third-order valence-corrected chi connectivity index (χ3v) is 3.77. The molecule has 2 aromatic rings. The Bertz CT molecular complexity index is 788. The van der Waals surface area contributed by atoms with Gasteiger partial charge in [0.25, 0.3) is 0 Å². The van der Waals surface area contributed by atoms with Crippen LogP contribution in [-0.4, -0.2) is 58.3 Å². The van der Waals surface area contributed by atoms with Crippen molar-refractivity contribution in [3.63, 3.8) is 0 Å². The van der Waals surface area contributed by atoms with Crippen molar-refractivity contribution < 1.29 is 19.8 Å². The summed E-state index contributed by atoms with van der Waals surface area (Å²) >= 11 is 6.25. The van der Waals surface area contributed by atoms with Gasteiger partial charge >= 0.3 is 11.9 Å². The topological polar surface area (TPSA) is 116 Å². The number of aromatic nitrogens is 2. The molecule has 0 bridgehead atoms. The average molecular weight is 379 g/mol. The number of nitrogens with zero attached hydrogens (tertiary/aromatic N) is 3. The summed E-state index contributed by atoms with van der Waals surface area (Å²) in [7, 11) is 0. The smallest absolute Gasteiger partial charge is 0.328 e. The van der Waals surface area contributed by atoms with E-state index in [4.69, 9.17) is 21.8 Å². The molecule has 0 spiro atoms. The van der Waals surface area contributed by atoms with Crippen molar-refractivity contribution in [2.24, 2.45) is 0 Å². The highest BCUT2D eigenvalue weighted by molar-refractivity contribution is 6.32. The molecule has 2 heterocycles. The van der Waals surface area contributed by atoms with E-state index in [-0.39, 0.29) is 0 Å². The van der Waals surface area contributed by atoms with Gasteiger partial charge in [0.15, 0.2) is 11.0 Å². The van der Waals surface area contributed by atoms with Gasteiger partial charge in [-0.3, -0.25) is 0 Å². The summed E-state index contributed by atoms with van der Waals surface area (Å²) in [5.74, 6) is -1.71. The molecule has 1 aromatic carbocycles. The molecule has 26 heavy (non-hydrogen) atoms. The number of nitrogens with one attached hydrogen (secondary N) is 1. The number of halogens is 1. The quantitative estimate of drug-likeness (QED) is 0.692. The maximum atomic E-state index is 9.55. The van der Waals surface area contributed by atoms with Gasteiger partial charge in [-0.1, -0.05) is 23.7 Å². The first kappa shape index (κ1) is 19.6. The van der Waals surface area contributed by atoms with Crippen LogP contribution in [0.2, 0.25) is 5.15 Å². The first-order valence-electron chi connectivity index (χ1n) is 7.99. The zero-order valence-corrected chi connectivity index (χ0v) is 14.7. The molecule has 0 atom stereocenters. The van der Waals surface area contributed by atoms with Gasteiger partial charge in [0.2, 0.25) is 0 Å². The summed E-state index contributed by atoms with van der Waals surface area (Å²) in [4.78, 5) is 30.4. The van der Waals surface area contributed by atoms with Crippen LogP contribution in [-0.2, 0) is 9.59 Å². The number of carboxylic acid groups (broad SMARTS) is 2. The average Bonchev–Trinajstić information content (AvgIpc) is 2.89. The Balaban J connectivity index is 0.000000260. The van der Waals surface area contributed by atoms with Crippen LogP contribution in [0.1, 0.15) is 6.42 Å². The van der Waals surface area contributed by atoms with E-state index in [1.807, 2.05) is 24.3 Å². The molecule has 0 unspecified atom stereocenters. The molecule has 9 heteroatoms. The Kier molecular flexibility index (Phi) is 7.31. The molecule has 1 fully saturated rings. The third kappa shape index (κ3) is 5.98. The van der Waals surface area contributed by atoms with E-state index in [1.165, 1.54) is 0 Å². The van der Waals surface area contributed by atoms with Crippen LogP contribution in [0.5, 0.6) is 0 Å². The van der Waals surface area contributed by atoms with Gasteiger partial charge in [-0.25, -0.2) is 19.6 Å². The number of hydrogen-bond acceptors (Lipinski definition) is 6. The van der Waals surface area contributed by atoms with Gasteiger partial charge in [-0.15, -0.1) is 0 Å². The van der Waals surface area contributed by atoms with Crippen molar-refractivity contribution >= 4 is 40.4 Å². The molecular weight excluding hydrogens is 360 g/mol. The van der Waals surface area contributed by atoms with Crippen LogP contribution in [0.3, 0.4) is 0 Å². The van der Waals surface area contributed by atoms with Gasteiger partial charge in [-0.05, 0) is 25.1 Å². The fraction of sp³-hybridized carbons (Fsp3) is 0.294. The van der Waals surface area contributed by atoms with Gasteiger partial charge in [0.05, 0.1) is 11.0 Å².